The van der Waals surface area contributed by atoms with Crippen LogP contribution < -0.4 is 4.74 Å². The maximum atomic E-state index is 10.1. The molecular weight excluding hydrogens is 336 g/mol. The van der Waals surface area contributed by atoms with Crippen LogP contribution in [0.2, 0.25) is 0 Å². The van der Waals surface area contributed by atoms with E-state index >= 15 is 0 Å². The van der Waals surface area contributed by atoms with E-state index in [1.807, 2.05) is 84.9 Å². The molecule has 0 unspecified atom stereocenters. The Bertz CT molecular complexity index is 1070. The van der Waals surface area contributed by atoms with Crippen LogP contribution in [0.3, 0.4) is 0 Å². The van der Waals surface area contributed by atoms with E-state index in [2.05, 4.69) is 10.2 Å². The number of fused-ring (bicyclic) bond motifs is 1. The molecule has 4 rings (SSSR count). The zero-order valence-electron chi connectivity index (χ0n) is 14.6. The molecule has 4 nitrogen and oxygen atoms in total. The second kappa shape index (κ2) is 7.70. The molecule has 0 heterocycles. The van der Waals surface area contributed by atoms with E-state index in [0.29, 0.717) is 18.0 Å². The number of hydrogen-bond acceptors (Lipinski definition) is 4. The molecule has 132 valence electrons. The Labute approximate surface area is 157 Å². The van der Waals surface area contributed by atoms with Gasteiger partial charge in [-0.25, -0.2) is 0 Å². The zero-order chi connectivity index (χ0) is 18.5. The highest BCUT2D eigenvalue weighted by molar-refractivity contribution is 5.95. The SMILES string of the molecule is Oc1ccc2ccccc2c1N=Nc1ccc(OCc2ccccc2)cc1. The largest absolute Gasteiger partial charge is 0.506 e. The van der Waals surface area contributed by atoms with Crippen molar-refractivity contribution in [2.75, 3.05) is 0 Å². The summed E-state index contributed by atoms with van der Waals surface area (Å²) in [6.45, 7) is 0.519. The van der Waals surface area contributed by atoms with Crippen molar-refractivity contribution in [3.63, 3.8) is 0 Å². The lowest BCUT2D eigenvalue weighted by Gasteiger charge is -2.06. The lowest BCUT2D eigenvalue weighted by Crippen LogP contribution is -1.94. The molecular formula is C23H18N2O2. The van der Waals surface area contributed by atoms with Gasteiger partial charge in [0, 0.05) is 5.39 Å². The maximum absolute atomic E-state index is 10.1. The summed E-state index contributed by atoms with van der Waals surface area (Å²) in [7, 11) is 0. The average Bonchev–Trinajstić information content (AvgIpc) is 2.73. The van der Waals surface area contributed by atoms with E-state index in [0.717, 1.165) is 22.1 Å². The van der Waals surface area contributed by atoms with Crippen LogP contribution >= 0.6 is 0 Å². The number of aromatic hydroxyl groups is 1. The molecule has 0 atom stereocenters. The summed E-state index contributed by atoms with van der Waals surface area (Å²) in [5.74, 6) is 0.881. The maximum Gasteiger partial charge on any atom is 0.143 e. The van der Waals surface area contributed by atoms with Crippen molar-refractivity contribution < 1.29 is 9.84 Å². The van der Waals surface area contributed by atoms with Gasteiger partial charge in [0.05, 0.1) is 5.69 Å². The highest BCUT2D eigenvalue weighted by atomic mass is 16.5. The van der Waals surface area contributed by atoms with E-state index in [1.165, 1.54) is 0 Å². The molecule has 0 aliphatic rings. The van der Waals surface area contributed by atoms with Crippen LogP contribution in [-0.2, 0) is 6.61 Å². The molecule has 4 aromatic carbocycles. The van der Waals surface area contributed by atoms with Gasteiger partial charge in [-0.2, -0.15) is 5.11 Å². The minimum Gasteiger partial charge on any atom is -0.506 e. The summed E-state index contributed by atoms with van der Waals surface area (Å²) >= 11 is 0. The van der Waals surface area contributed by atoms with Crippen molar-refractivity contribution in [2.24, 2.45) is 10.2 Å². The molecule has 1 N–H and O–H groups in total. The number of hydrogen-bond donors (Lipinski definition) is 1. The molecule has 0 radical (unpaired) electrons. The molecule has 4 aromatic rings. The first-order valence-electron chi connectivity index (χ1n) is 8.69. The fraction of sp³-hybridized carbons (Fsp3) is 0.0435. The lowest BCUT2D eigenvalue weighted by atomic mass is 10.1. The van der Waals surface area contributed by atoms with E-state index < -0.39 is 0 Å². The Kier molecular flexibility index (Phi) is 4.79. The first kappa shape index (κ1) is 16.8. The normalized spacial score (nSPS) is 11.1. The summed E-state index contributed by atoms with van der Waals surface area (Å²) in [5.41, 5.74) is 2.28. The zero-order valence-corrected chi connectivity index (χ0v) is 14.6. The van der Waals surface area contributed by atoms with Gasteiger partial charge in [-0.3, -0.25) is 0 Å². The van der Waals surface area contributed by atoms with E-state index in [9.17, 15) is 5.11 Å². The molecule has 0 aromatic heterocycles. The Morgan fingerprint density at radius 2 is 1.44 bits per heavy atom. The van der Waals surface area contributed by atoms with Crippen molar-refractivity contribution in [1.29, 1.82) is 0 Å². The van der Waals surface area contributed by atoms with E-state index in [4.69, 9.17) is 4.74 Å². The number of phenols is 1. The van der Waals surface area contributed by atoms with Crippen molar-refractivity contribution in [3.8, 4) is 11.5 Å². The molecule has 0 spiro atoms. The molecule has 0 aliphatic heterocycles. The van der Waals surface area contributed by atoms with Gasteiger partial charge >= 0.3 is 0 Å². The minimum atomic E-state index is 0.111. The van der Waals surface area contributed by atoms with Crippen molar-refractivity contribution >= 4 is 22.1 Å². The molecule has 0 bridgehead atoms. The molecule has 0 amide bonds. The van der Waals surface area contributed by atoms with Gasteiger partial charge in [0.2, 0.25) is 0 Å². The van der Waals surface area contributed by atoms with Gasteiger partial charge in [-0.1, -0.05) is 60.7 Å². The van der Waals surface area contributed by atoms with Crippen LogP contribution in [0.15, 0.2) is 101 Å². The summed E-state index contributed by atoms with van der Waals surface area (Å²) in [4.78, 5) is 0. The van der Waals surface area contributed by atoms with Crippen LogP contribution in [0.5, 0.6) is 11.5 Å². The van der Waals surface area contributed by atoms with Gasteiger partial charge in [-0.05, 0) is 41.3 Å². The Morgan fingerprint density at radius 3 is 2.26 bits per heavy atom. The summed E-state index contributed by atoms with van der Waals surface area (Å²) in [6.07, 6.45) is 0. The Balaban J connectivity index is 1.49. The standard InChI is InChI=1S/C23H18N2O2/c26-22-15-10-18-8-4-5-9-21(18)23(22)25-24-19-11-13-20(14-12-19)27-16-17-6-2-1-3-7-17/h1-15,26H,16H2. The second-order valence-electron chi connectivity index (χ2n) is 6.12. The lowest BCUT2D eigenvalue weighted by molar-refractivity contribution is 0.306. The third-order valence-electron chi connectivity index (χ3n) is 4.23. The van der Waals surface area contributed by atoms with Crippen LogP contribution in [0.1, 0.15) is 5.56 Å². The molecule has 4 heteroatoms. The fourth-order valence-electron chi connectivity index (χ4n) is 2.81. The van der Waals surface area contributed by atoms with Crippen molar-refractivity contribution in [1.82, 2.24) is 0 Å². The number of phenolic OH excluding ortho intramolecular Hbond substituents is 1. The van der Waals surface area contributed by atoms with Crippen LogP contribution in [0.25, 0.3) is 10.8 Å². The molecule has 0 saturated heterocycles. The molecule has 27 heavy (non-hydrogen) atoms. The first-order chi connectivity index (χ1) is 13.3. The number of rotatable bonds is 5. The summed E-state index contributed by atoms with van der Waals surface area (Å²) < 4.78 is 5.77. The third-order valence-corrected chi connectivity index (χ3v) is 4.23. The molecule has 0 aliphatic carbocycles. The topological polar surface area (TPSA) is 54.2 Å². The van der Waals surface area contributed by atoms with Gasteiger partial charge in [0.1, 0.15) is 23.8 Å². The quantitative estimate of drug-likeness (QED) is 0.414. The predicted octanol–water partition coefficient (Wildman–Crippen LogP) is 6.54. The van der Waals surface area contributed by atoms with Crippen LogP contribution in [0.4, 0.5) is 11.4 Å². The Morgan fingerprint density at radius 1 is 0.704 bits per heavy atom. The van der Waals surface area contributed by atoms with E-state index in [1.54, 1.807) is 6.07 Å². The van der Waals surface area contributed by atoms with Gasteiger partial charge < -0.3 is 9.84 Å². The van der Waals surface area contributed by atoms with Gasteiger partial charge in [0.25, 0.3) is 0 Å². The number of nitrogens with zero attached hydrogens (tertiary/aromatic N) is 2. The van der Waals surface area contributed by atoms with Crippen LogP contribution in [0, 0.1) is 0 Å². The minimum absolute atomic E-state index is 0.111. The van der Waals surface area contributed by atoms with Crippen LogP contribution in [-0.4, -0.2) is 5.11 Å². The highest BCUT2D eigenvalue weighted by Crippen LogP contribution is 2.36. The molecule has 0 fully saturated rings. The first-order valence-corrected chi connectivity index (χ1v) is 8.69. The Hall–Kier alpha value is -3.66. The fourth-order valence-corrected chi connectivity index (χ4v) is 2.81. The van der Waals surface area contributed by atoms with Gasteiger partial charge in [-0.15, -0.1) is 5.11 Å². The predicted molar refractivity (Wildman–Crippen MR) is 107 cm³/mol. The summed E-state index contributed by atoms with van der Waals surface area (Å²) in [5, 5.41) is 20.5. The summed E-state index contributed by atoms with van der Waals surface area (Å²) in [6, 6.07) is 28.7. The third kappa shape index (κ3) is 3.96. The number of benzene rings is 4. The second-order valence-corrected chi connectivity index (χ2v) is 6.12. The van der Waals surface area contributed by atoms with Crippen molar-refractivity contribution in [2.45, 2.75) is 6.61 Å². The van der Waals surface area contributed by atoms with Gasteiger partial charge in [0.15, 0.2) is 0 Å². The van der Waals surface area contributed by atoms with E-state index in [-0.39, 0.29) is 5.75 Å². The number of azo groups is 1. The number of ether oxygens (including phenoxy) is 1. The smallest absolute Gasteiger partial charge is 0.143 e. The average molecular weight is 354 g/mol. The molecule has 0 saturated carbocycles. The highest BCUT2D eigenvalue weighted by Gasteiger charge is 2.05. The van der Waals surface area contributed by atoms with Crippen molar-refractivity contribution in [3.05, 3.63) is 96.6 Å². The monoisotopic (exact) mass is 354 g/mol.